The Bertz CT molecular complexity index is 823. The zero-order valence-corrected chi connectivity index (χ0v) is 17.4. The first kappa shape index (κ1) is 20.3. The predicted octanol–water partition coefficient (Wildman–Crippen LogP) is 1.98. The van der Waals surface area contributed by atoms with E-state index in [-0.39, 0.29) is 11.3 Å². The van der Waals surface area contributed by atoms with Gasteiger partial charge < -0.3 is 14.8 Å². The maximum absolute atomic E-state index is 12.6. The lowest BCUT2D eigenvalue weighted by Gasteiger charge is -2.42. The zero-order chi connectivity index (χ0) is 20.1. The Labute approximate surface area is 172 Å². The molecule has 0 saturated carbocycles. The minimum atomic E-state index is 0.0918. The number of ether oxygens (including phenoxy) is 2. The molecule has 0 aliphatic carbocycles. The van der Waals surface area contributed by atoms with Crippen molar-refractivity contribution in [3.8, 4) is 0 Å². The van der Waals surface area contributed by atoms with Crippen molar-refractivity contribution in [3.63, 3.8) is 0 Å². The summed E-state index contributed by atoms with van der Waals surface area (Å²) in [6, 6.07) is 6.29. The molecule has 7 nitrogen and oxygen atoms in total. The van der Waals surface area contributed by atoms with E-state index < -0.39 is 0 Å². The molecule has 2 aliphatic heterocycles. The number of benzene rings is 1. The van der Waals surface area contributed by atoms with E-state index in [1.807, 2.05) is 10.9 Å². The van der Waals surface area contributed by atoms with Crippen LogP contribution in [0.1, 0.15) is 24.8 Å². The Morgan fingerprint density at radius 3 is 2.72 bits per heavy atom. The van der Waals surface area contributed by atoms with Crippen molar-refractivity contribution in [2.24, 2.45) is 5.41 Å². The molecule has 0 atom stereocenters. The van der Waals surface area contributed by atoms with Crippen molar-refractivity contribution < 1.29 is 14.3 Å². The van der Waals surface area contributed by atoms with Crippen LogP contribution in [0.25, 0.3) is 10.9 Å². The number of hydrogen-bond acceptors (Lipinski definition) is 5. The fourth-order valence-corrected chi connectivity index (χ4v) is 4.37. The third kappa shape index (κ3) is 5.15. The second kappa shape index (κ2) is 9.24. The van der Waals surface area contributed by atoms with E-state index in [9.17, 15) is 4.79 Å². The molecule has 2 fully saturated rings. The average Bonchev–Trinajstić information content (AvgIpc) is 3.14. The van der Waals surface area contributed by atoms with Gasteiger partial charge in [-0.3, -0.25) is 14.4 Å². The number of nitrogens with zero attached hydrogens (tertiary/aromatic N) is 3. The van der Waals surface area contributed by atoms with Crippen molar-refractivity contribution in [1.29, 1.82) is 0 Å². The summed E-state index contributed by atoms with van der Waals surface area (Å²) in [7, 11) is 0. The van der Waals surface area contributed by atoms with E-state index in [4.69, 9.17) is 9.47 Å². The van der Waals surface area contributed by atoms with E-state index in [2.05, 4.69) is 40.4 Å². The third-order valence-corrected chi connectivity index (χ3v) is 6.23. The van der Waals surface area contributed by atoms with Crippen LogP contribution in [-0.2, 0) is 20.8 Å². The number of hydrogen-bond donors (Lipinski definition) is 1. The highest BCUT2D eigenvalue weighted by Crippen LogP contribution is 2.31. The van der Waals surface area contributed by atoms with Gasteiger partial charge in [-0.25, -0.2) is 0 Å². The van der Waals surface area contributed by atoms with Crippen LogP contribution < -0.4 is 5.32 Å². The summed E-state index contributed by atoms with van der Waals surface area (Å²) < 4.78 is 13.0. The molecular formula is C22H32N4O3. The third-order valence-electron chi connectivity index (χ3n) is 6.23. The number of morpholine rings is 1. The molecule has 0 spiro atoms. The normalized spacial score (nSPS) is 20.0. The largest absolute Gasteiger partial charge is 0.381 e. The smallest absolute Gasteiger partial charge is 0.221 e. The van der Waals surface area contributed by atoms with Crippen LogP contribution in [0.15, 0.2) is 24.4 Å². The minimum absolute atomic E-state index is 0.0918. The summed E-state index contributed by atoms with van der Waals surface area (Å²) in [5.74, 6) is 0.0918. The van der Waals surface area contributed by atoms with Gasteiger partial charge in [0.1, 0.15) is 0 Å². The molecule has 1 amide bonds. The van der Waals surface area contributed by atoms with Gasteiger partial charge in [-0.05, 0) is 31.4 Å². The second-order valence-electron chi connectivity index (χ2n) is 8.46. The maximum Gasteiger partial charge on any atom is 0.221 e. The van der Waals surface area contributed by atoms with Crippen molar-refractivity contribution in [3.05, 3.63) is 30.0 Å². The molecule has 2 aromatic rings. The quantitative estimate of drug-likeness (QED) is 0.770. The van der Waals surface area contributed by atoms with E-state index in [1.54, 1.807) is 0 Å². The van der Waals surface area contributed by atoms with Crippen LogP contribution in [0.4, 0.5) is 0 Å². The van der Waals surface area contributed by atoms with Gasteiger partial charge in [-0.2, -0.15) is 5.10 Å². The lowest BCUT2D eigenvalue weighted by atomic mass is 9.79. The molecule has 1 N–H and O–H groups in total. The average molecular weight is 401 g/mol. The summed E-state index contributed by atoms with van der Waals surface area (Å²) in [6.07, 6.45) is 4.29. The minimum Gasteiger partial charge on any atom is -0.381 e. The molecular weight excluding hydrogens is 368 g/mol. The highest BCUT2D eigenvalue weighted by atomic mass is 16.5. The number of amides is 1. The van der Waals surface area contributed by atoms with Gasteiger partial charge in [0.05, 0.1) is 31.5 Å². The lowest BCUT2D eigenvalue weighted by molar-refractivity contribution is -0.122. The summed E-state index contributed by atoms with van der Waals surface area (Å²) in [5, 5.41) is 8.78. The van der Waals surface area contributed by atoms with Gasteiger partial charge >= 0.3 is 0 Å². The SMILES string of the molecule is Cc1ccc2cnn(CCC(=O)NCC3(CN4CCOCC4)CCOCC3)c2c1. The Kier molecular flexibility index (Phi) is 6.47. The number of aryl methyl sites for hydroxylation is 2. The number of aromatic nitrogens is 2. The van der Waals surface area contributed by atoms with Crippen molar-refractivity contribution in [2.75, 3.05) is 52.6 Å². The van der Waals surface area contributed by atoms with E-state index in [0.29, 0.717) is 19.5 Å². The number of carbonyl (C=O) groups is 1. The Balaban J connectivity index is 1.32. The number of nitrogens with one attached hydrogen (secondary N) is 1. The standard InChI is InChI=1S/C22H32N4O3/c1-18-2-3-19-15-24-26(20(19)14-18)7-4-21(27)23-16-22(5-10-28-11-6-22)17-25-8-12-29-13-9-25/h2-3,14-15H,4-13,16-17H2,1H3,(H,23,27). The fourth-order valence-electron chi connectivity index (χ4n) is 4.37. The molecule has 29 heavy (non-hydrogen) atoms. The molecule has 3 heterocycles. The monoisotopic (exact) mass is 400 g/mol. The lowest BCUT2D eigenvalue weighted by Crippen LogP contribution is -2.50. The molecule has 7 heteroatoms. The second-order valence-corrected chi connectivity index (χ2v) is 8.46. The Hall–Kier alpha value is -1.96. The summed E-state index contributed by atoms with van der Waals surface area (Å²) in [6.45, 7) is 9.49. The molecule has 2 saturated heterocycles. The van der Waals surface area contributed by atoms with Crippen LogP contribution in [0, 0.1) is 12.3 Å². The Morgan fingerprint density at radius 1 is 1.17 bits per heavy atom. The van der Waals surface area contributed by atoms with Gasteiger partial charge in [0, 0.05) is 56.6 Å². The first-order valence-electron chi connectivity index (χ1n) is 10.7. The molecule has 158 valence electrons. The summed E-state index contributed by atoms with van der Waals surface area (Å²) in [5.41, 5.74) is 2.39. The molecule has 0 radical (unpaired) electrons. The highest BCUT2D eigenvalue weighted by Gasteiger charge is 2.35. The van der Waals surface area contributed by atoms with Crippen molar-refractivity contribution in [1.82, 2.24) is 20.0 Å². The highest BCUT2D eigenvalue weighted by molar-refractivity contribution is 5.80. The van der Waals surface area contributed by atoms with Gasteiger partial charge in [-0.1, -0.05) is 12.1 Å². The van der Waals surface area contributed by atoms with Gasteiger partial charge in [0.15, 0.2) is 0 Å². The Morgan fingerprint density at radius 2 is 1.93 bits per heavy atom. The van der Waals surface area contributed by atoms with Crippen LogP contribution in [-0.4, -0.2) is 73.2 Å². The van der Waals surface area contributed by atoms with E-state index in [1.165, 1.54) is 5.56 Å². The van der Waals surface area contributed by atoms with Crippen LogP contribution >= 0.6 is 0 Å². The van der Waals surface area contributed by atoms with Crippen LogP contribution in [0.2, 0.25) is 0 Å². The molecule has 0 unspecified atom stereocenters. The predicted molar refractivity (Wildman–Crippen MR) is 112 cm³/mol. The fraction of sp³-hybridized carbons (Fsp3) is 0.636. The maximum atomic E-state index is 12.6. The molecule has 4 rings (SSSR count). The summed E-state index contributed by atoms with van der Waals surface area (Å²) in [4.78, 5) is 15.1. The number of rotatable bonds is 7. The first-order valence-corrected chi connectivity index (χ1v) is 10.7. The number of fused-ring (bicyclic) bond motifs is 1. The zero-order valence-electron chi connectivity index (χ0n) is 17.4. The number of carbonyl (C=O) groups excluding carboxylic acids is 1. The van der Waals surface area contributed by atoms with Gasteiger partial charge in [0.2, 0.25) is 5.91 Å². The molecule has 1 aromatic carbocycles. The van der Waals surface area contributed by atoms with Crippen molar-refractivity contribution >= 4 is 16.8 Å². The topological polar surface area (TPSA) is 68.6 Å². The molecule has 1 aromatic heterocycles. The molecule has 0 bridgehead atoms. The first-order chi connectivity index (χ1) is 14.1. The molecule has 2 aliphatic rings. The van der Waals surface area contributed by atoms with Gasteiger partial charge in [0.25, 0.3) is 0 Å². The van der Waals surface area contributed by atoms with E-state index >= 15 is 0 Å². The van der Waals surface area contributed by atoms with Crippen LogP contribution in [0.3, 0.4) is 0 Å². The summed E-state index contributed by atoms with van der Waals surface area (Å²) >= 11 is 0. The van der Waals surface area contributed by atoms with E-state index in [0.717, 1.165) is 69.8 Å². The van der Waals surface area contributed by atoms with Crippen LogP contribution in [0.5, 0.6) is 0 Å². The van der Waals surface area contributed by atoms with Crippen molar-refractivity contribution in [2.45, 2.75) is 32.7 Å². The van der Waals surface area contributed by atoms with Gasteiger partial charge in [-0.15, -0.1) is 0 Å².